The van der Waals surface area contributed by atoms with Crippen LogP contribution < -0.4 is 4.90 Å². The Hall–Kier alpha value is 0.0700. The fourth-order valence-corrected chi connectivity index (χ4v) is 5.10. The summed E-state index contributed by atoms with van der Waals surface area (Å²) in [6.07, 6.45) is 2.72. The molecule has 2 atom stereocenters. The molecule has 1 aliphatic carbocycles. The van der Waals surface area contributed by atoms with Gasteiger partial charge in [-0.05, 0) is 25.0 Å². The maximum absolute atomic E-state index is 14.3. The summed E-state index contributed by atoms with van der Waals surface area (Å²) in [7, 11) is 0. The second kappa shape index (κ2) is 5.56. The summed E-state index contributed by atoms with van der Waals surface area (Å²) >= 11 is 31.1. The number of nitrogens with zero attached hydrogens (tertiary/aromatic N) is 1. The number of carbonyl (C=O) groups is 1. The third kappa shape index (κ3) is 2.32. The first kappa shape index (κ1) is 16.9. The third-order valence-corrected chi connectivity index (χ3v) is 6.54. The maximum Gasteiger partial charge on any atom is 0.251 e. The normalized spacial score (nSPS) is 30.5. The number of rotatable bonds is 1. The zero-order valence-corrected chi connectivity index (χ0v) is 15.0. The Bertz CT molecular complexity index is 652. The number of carbonyl (C=O) groups excluding carboxylic acids is 1. The summed E-state index contributed by atoms with van der Waals surface area (Å²) in [5.41, 5.74) is -0.112. The third-order valence-electron chi connectivity index (χ3n) is 4.34. The van der Waals surface area contributed by atoms with Crippen molar-refractivity contribution in [3.63, 3.8) is 0 Å². The molecule has 120 valence electrons. The lowest BCUT2D eigenvalue weighted by Crippen LogP contribution is -2.40. The fraction of sp³-hybridized carbons (Fsp3) is 0.500. The van der Waals surface area contributed by atoms with Crippen molar-refractivity contribution in [2.75, 3.05) is 4.90 Å². The van der Waals surface area contributed by atoms with E-state index in [1.54, 1.807) is 0 Å². The molecular weight excluding hydrogens is 394 g/mol. The molecule has 1 saturated carbocycles. The van der Waals surface area contributed by atoms with Crippen LogP contribution in [0.15, 0.2) is 12.1 Å². The van der Waals surface area contributed by atoms with Gasteiger partial charge < -0.3 is 0 Å². The summed E-state index contributed by atoms with van der Waals surface area (Å²) in [5, 5.41) is 0.149. The Labute approximate surface area is 152 Å². The minimum Gasteiger partial charge on any atom is -0.275 e. The Morgan fingerprint density at radius 3 is 2.41 bits per heavy atom. The summed E-state index contributed by atoms with van der Waals surface area (Å²) in [4.78, 5) is 12.6. The first-order chi connectivity index (χ1) is 10.2. The van der Waals surface area contributed by atoms with Gasteiger partial charge in [0.15, 0.2) is 0 Å². The maximum atomic E-state index is 14.3. The van der Waals surface area contributed by atoms with Crippen molar-refractivity contribution in [2.24, 2.45) is 5.92 Å². The van der Waals surface area contributed by atoms with Crippen LogP contribution in [0.25, 0.3) is 0 Å². The largest absolute Gasteiger partial charge is 0.275 e. The number of amides is 1. The van der Waals surface area contributed by atoms with Crippen LogP contribution in [-0.2, 0) is 4.79 Å². The van der Waals surface area contributed by atoms with Crippen molar-refractivity contribution in [1.82, 2.24) is 0 Å². The lowest BCUT2D eigenvalue weighted by atomic mass is 9.80. The minimum atomic E-state index is -1.63. The van der Waals surface area contributed by atoms with Crippen LogP contribution in [0.4, 0.5) is 10.1 Å². The van der Waals surface area contributed by atoms with Gasteiger partial charge in [-0.1, -0.05) is 59.2 Å². The number of anilines is 1. The topological polar surface area (TPSA) is 20.3 Å². The molecule has 1 aromatic rings. The van der Waals surface area contributed by atoms with Crippen LogP contribution in [0.5, 0.6) is 0 Å². The molecule has 1 aromatic carbocycles. The van der Waals surface area contributed by atoms with Crippen LogP contribution in [0.1, 0.15) is 25.7 Å². The first-order valence-corrected chi connectivity index (χ1v) is 8.64. The van der Waals surface area contributed by atoms with Crippen molar-refractivity contribution in [3.8, 4) is 0 Å². The van der Waals surface area contributed by atoms with Crippen LogP contribution in [0.3, 0.4) is 0 Å². The number of alkyl halides is 3. The Balaban J connectivity index is 2.15. The van der Waals surface area contributed by atoms with Crippen LogP contribution in [0, 0.1) is 11.7 Å². The molecular formula is C14H11Cl5FNO. The zero-order chi connectivity index (χ0) is 16.3. The van der Waals surface area contributed by atoms with E-state index in [4.69, 9.17) is 58.0 Å². The van der Waals surface area contributed by atoms with Gasteiger partial charge in [-0.25, -0.2) is 4.39 Å². The SMILES string of the molecule is O=C1N(c2cc(Cl)c(Cl)cc2F)C(Cl)(Cl)C2CCCCC12Cl. The molecule has 0 bridgehead atoms. The van der Waals surface area contributed by atoms with Gasteiger partial charge >= 0.3 is 0 Å². The Morgan fingerprint density at radius 1 is 1.14 bits per heavy atom. The van der Waals surface area contributed by atoms with Crippen LogP contribution in [0.2, 0.25) is 10.0 Å². The molecule has 1 aliphatic heterocycles. The molecule has 2 unspecified atom stereocenters. The van der Waals surface area contributed by atoms with Gasteiger partial charge in [0.2, 0.25) is 4.46 Å². The molecule has 0 N–H and O–H groups in total. The summed E-state index contributed by atoms with van der Waals surface area (Å²) < 4.78 is 12.7. The summed E-state index contributed by atoms with van der Waals surface area (Å²) in [5.74, 6) is -1.71. The summed E-state index contributed by atoms with van der Waals surface area (Å²) in [6.45, 7) is 0. The molecule has 2 fully saturated rings. The predicted octanol–water partition coefficient (Wildman–Crippen LogP) is 5.78. The van der Waals surface area contributed by atoms with E-state index < -0.39 is 27.0 Å². The highest BCUT2D eigenvalue weighted by Crippen LogP contribution is 2.58. The van der Waals surface area contributed by atoms with Crippen molar-refractivity contribution in [2.45, 2.75) is 35.0 Å². The van der Waals surface area contributed by atoms with Crippen molar-refractivity contribution < 1.29 is 9.18 Å². The van der Waals surface area contributed by atoms with Gasteiger partial charge in [0.25, 0.3) is 5.91 Å². The number of hydrogen-bond donors (Lipinski definition) is 0. The van der Waals surface area contributed by atoms with Crippen molar-refractivity contribution in [3.05, 3.63) is 28.0 Å². The lowest BCUT2D eigenvalue weighted by molar-refractivity contribution is -0.120. The number of halogens is 6. The molecule has 0 spiro atoms. The molecule has 1 amide bonds. The molecule has 1 saturated heterocycles. The Kier molecular flexibility index (Phi) is 4.27. The quantitative estimate of drug-likeness (QED) is 0.330. The van der Waals surface area contributed by atoms with E-state index >= 15 is 0 Å². The second-order valence-electron chi connectivity index (χ2n) is 5.61. The van der Waals surface area contributed by atoms with E-state index in [1.165, 1.54) is 6.07 Å². The predicted molar refractivity (Wildman–Crippen MR) is 88.9 cm³/mol. The molecule has 2 aliphatic rings. The molecule has 0 radical (unpaired) electrons. The molecule has 3 rings (SSSR count). The van der Waals surface area contributed by atoms with E-state index in [1.807, 2.05) is 0 Å². The van der Waals surface area contributed by atoms with E-state index in [9.17, 15) is 9.18 Å². The Morgan fingerprint density at radius 2 is 1.77 bits per heavy atom. The van der Waals surface area contributed by atoms with Crippen LogP contribution in [-0.4, -0.2) is 15.2 Å². The van der Waals surface area contributed by atoms with Gasteiger partial charge in [0, 0.05) is 5.92 Å². The molecule has 1 heterocycles. The van der Waals surface area contributed by atoms with Gasteiger partial charge in [0.05, 0.1) is 15.7 Å². The summed E-state index contributed by atoms with van der Waals surface area (Å²) in [6, 6.07) is 2.27. The molecule has 22 heavy (non-hydrogen) atoms. The average molecular weight is 406 g/mol. The smallest absolute Gasteiger partial charge is 0.251 e. The number of hydrogen-bond acceptors (Lipinski definition) is 1. The molecule has 8 heteroatoms. The van der Waals surface area contributed by atoms with Gasteiger partial charge in [0.1, 0.15) is 10.7 Å². The average Bonchev–Trinajstić information content (AvgIpc) is 2.59. The highest BCUT2D eigenvalue weighted by molar-refractivity contribution is 6.55. The highest BCUT2D eigenvalue weighted by Gasteiger charge is 2.66. The standard InChI is InChI=1S/C14H11Cl5FNO/c15-7-5-9(20)10(6-8(7)16)21-12(22)13(17)4-2-1-3-11(13)14(21,18)19/h5-6,11H,1-4H2. The van der Waals surface area contributed by atoms with Gasteiger partial charge in [-0.2, -0.15) is 0 Å². The van der Waals surface area contributed by atoms with E-state index in [-0.39, 0.29) is 15.7 Å². The van der Waals surface area contributed by atoms with Gasteiger partial charge in [-0.15, -0.1) is 11.6 Å². The number of benzene rings is 1. The zero-order valence-electron chi connectivity index (χ0n) is 11.2. The monoisotopic (exact) mass is 403 g/mol. The first-order valence-electron chi connectivity index (χ1n) is 6.75. The van der Waals surface area contributed by atoms with Gasteiger partial charge in [-0.3, -0.25) is 9.69 Å². The fourth-order valence-electron chi connectivity index (χ4n) is 3.27. The van der Waals surface area contributed by atoms with Crippen molar-refractivity contribution >= 4 is 69.6 Å². The van der Waals surface area contributed by atoms with E-state index in [0.717, 1.165) is 23.8 Å². The van der Waals surface area contributed by atoms with Crippen LogP contribution >= 0.6 is 58.0 Å². The molecule has 0 aromatic heterocycles. The number of fused-ring (bicyclic) bond motifs is 1. The van der Waals surface area contributed by atoms with E-state index in [0.29, 0.717) is 12.8 Å². The molecule has 2 nitrogen and oxygen atoms in total. The lowest BCUT2D eigenvalue weighted by Gasteiger charge is -2.35. The van der Waals surface area contributed by atoms with Crippen molar-refractivity contribution in [1.29, 1.82) is 0 Å². The second-order valence-corrected chi connectivity index (χ2v) is 8.44. The highest BCUT2D eigenvalue weighted by atomic mass is 35.5. The minimum absolute atomic E-state index is 0.0438. The van der Waals surface area contributed by atoms with E-state index in [2.05, 4.69) is 0 Å².